The molecule has 0 aliphatic carbocycles. The number of piperidine rings is 1. The normalized spacial score (nSPS) is 20.6. The zero-order chi connectivity index (χ0) is 19.9. The molecule has 3 rings (SSSR count). The van der Waals surface area contributed by atoms with Crippen LogP contribution in [0.3, 0.4) is 0 Å². The number of likely N-dealkylation sites (tertiary alicyclic amines) is 1. The van der Waals surface area contributed by atoms with E-state index in [9.17, 15) is 14.4 Å². The van der Waals surface area contributed by atoms with Crippen molar-refractivity contribution in [2.75, 3.05) is 37.7 Å². The molecule has 1 aromatic rings. The molecule has 2 fully saturated rings. The van der Waals surface area contributed by atoms with Gasteiger partial charge in [-0.2, -0.15) is 0 Å². The van der Waals surface area contributed by atoms with Crippen LogP contribution in [0, 0.1) is 0 Å². The molecule has 28 heavy (non-hydrogen) atoms. The fourth-order valence-electron chi connectivity index (χ4n) is 3.79. The first kappa shape index (κ1) is 20.5. The van der Waals surface area contributed by atoms with Crippen LogP contribution in [0.5, 0.6) is 0 Å². The van der Waals surface area contributed by atoms with Crippen molar-refractivity contribution in [3.8, 4) is 0 Å². The first-order valence-corrected chi connectivity index (χ1v) is 10.2. The van der Waals surface area contributed by atoms with E-state index in [1.54, 1.807) is 31.2 Å². The van der Waals surface area contributed by atoms with Gasteiger partial charge in [-0.3, -0.25) is 9.59 Å². The predicted molar refractivity (Wildman–Crippen MR) is 106 cm³/mol. The summed E-state index contributed by atoms with van der Waals surface area (Å²) < 4.78 is 4.95. The molecule has 7 heteroatoms. The summed E-state index contributed by atoms with van der Waals surface area (Å²) in [5.41, 5.74) is 0.887. The molecule has 152 valence electrons. The zero-order valence-electron chi connectivity index (χ0n) is 16.5. The van der Waals surface area contributed by atoms with Gasteiger partial charge in [0, 0.05) is 0 Å². The van der Waals surface area contributed by atoms with Gasteiger partial charge in [0.15, 0.2) is 0 Å². The number of amides is 2. The van der Waals surface area contributed by atoms with E-state index in [4.69, 9.17) is 4.74 Å². The maximum Gasteiger partial charge on any atom is 0.338 e. The number of benzene rings is 1. The van der Waals surface area contributed by atoms with Crippen LogP contribution in [0.15, 0.2) is 24.3 Å². The van der Waals surface area contributed by atoms with Gasteiger partial charge in [-0.15, -0.1) is 0 Å². The fraction of sp³-hybridized carbons (Fsp3) is 0.571. The maximum absolute atomic E-state index is 12.7. The molecular formula is C21H29N3O4. The molecule has 0 bridgehead atoms. The van der Waals surface area contributed by atoms with E-state index < -0.39 is 12.0 Å². The number of esters is 1. The van der Waals surface area contributed by atoms with Crippen molar-refractivity contribution in [3.63, 3.8) is 0 Å². The van der Waals surface area contributed by atoms with Gasteiger partial charge in [0.1, 0.15) is 0 Å². The number of nitrogens with one attached hydrogen (secondary N) is 1. The van der Waals surface area contributed by atoms with Gasteiger partial charge in [-0.25, -0.2) is 9.69 Å². The van der Waals surface area contributed by atoms with Gasteiger partial charge < -0.3 is 15.0 Å². The van der Waals surface area contributed by atoms with Crippen molar-refractivity contribution < 1.29 is 19.1 Å². The number of carbonyl (C=O) groups is 3. The minimum atomic E-state index is -0.474. The minimum Gasteiger partial charge on any atom is -0.462 e. The van der Waals surface area contributed by atoms with Crippen LogP contribution in [0.2, 0.25) is 0 Å². The highest BCUT2D eigenvalue weighted by molar-refractivity contribution is 6.22. The van der Waals surface area contributed by atoms with Crippen LogP contribution in [0.25, 0.3) is 0 Å². The number of rotatable bonds is 8. The molecule has 0 spiro atoms. The molecular weight excluding hydrogens is 358 g/mol. The average molecular weight is 387 g/mol. The number of carbonyl (C=O) groups excluding carboxylic acids is 3. The monoisotopic (exact) mass is 387 g/mol. The standard InChI is InChI=1S/C21H29N3O4/c1-2-28-21(27)16-7-9-17(10-8-16)24-19(25)15-18(20(24)26)22-11-6-14-23-12-4-3-5-13-23/h7-10,18,22H,2-6,11-15H2,1H3/t18-/m1/s1. The summed E-state index contributed by atoms with van der Waals surface area (Å²) in [5, 5.41) is 3.23. The third-order valence-corrected chi connectivity index (χ3v) is 5.27. The molecule has 2 amide bonds. The Labute approximate surface area is 166 Å². The predicted octanol–water partition coefficient (Wildman–Crippen LogP) is 1.96. The fourth-order valence-corrected chi connectivity index (χ4v) is 3.79. The summed E-state index contributed by atoms with van der Waals surface area (Å²) in [5.74, 6) is -0.865. The average Bonchev–Trinajstić information content (AvgIpc) is 2.99. The number of hydrogen-bond acceptors (Lipinski definition) is 6. The van der Waals surface area contributed by atoms with E-state index >= 15 is 0 Å². The van der Waals surface area contributed by atoms with Gasteiger partial charge in [0.2, 0.25) is 5.91 Å². The van der Waals surface area contributed by atoms with Crippen molar-refractivity contribution in [1.29, 1.82) is 0 Å². The molecule has 7 nitrogen and oxygen atoms in total. The second-order valence-electron chi connectivity index (χ2n) is 7.30. The third-order valence-electron chi connectivity index (χ3n) is 5.27. The summed E-state index contributed by atoms with van der Waals surface area (Å²) in [4.78, 5) is 40.4. The number of anilines is 1. The first-order valence-electron chi connectivity index (χ1n) is 10.2. The minimum absolute atomic E-state index is 0.169. The first-order chi connectivity index (χ1) is 13.6. The lowest BCUT2D eigenvalue weighted by molar-refractivity contribution is -0.121. The Balaban J connectivity index is 1.50. The van der Waals surface area contributed by atoms with Gasteiger partial charge in [-0.05, 0) is 76.6 Å². The van der Waals surface area contributed by atoms with Gasteiger partial charge in [0.05, 0.1) is 30.3 Å². The molecule has 0 saturated carbocycles. The Morgan fingerprint density at radius 3 is 2.54 bits per heavy atom. The molecule has 2 saturated heterocycles. The van der Waals surface area contributed by atoms with E-state index in [1.807, 2.05) is 0 Å². The van der Waals surface area contributed by atoms with Crippen molar-refractivity contribution in [2.45, 2.75) is 45.1 Å². The largest absolute Gasteiger partial charge is 0.462 e. The van der Waals surface area contributed by atoms with E-state index in [1.165, 1.54) is 24.2 Å². The van der Waals surface area contributed by atoms with E-state index in [-0.39, 0.29) is 18.2 Å². The molecule has 2 heterocycles. The SMILES string of the molecule is CCOC(=O)c1ccc(N2C(=O)C[C@@H](NCCCN3CCCCC3)C2=O)cc1. The summed E-state index contributed by atoms with van der Waals surface area (Å²) in [6.07, 6.45) is 5.00. The molecule has 1 atom stereocenters. The summed E-state index contributed by atoms with van der Waals surface area (Å²) in [6, 6.07) is 5.90. The Bertz CT molecular complexity index is 698. The van der Waals surface area contributed by atoms with Crippen LogP contribution in [0.4, 0.5) is 5.69 Å². The Morgan fingerprint density at radius 1 is 1.14 bits per heavy atom. The molecule has 0 unspecified atom stereocenters. The van der Waals surface area contributed by atoms with Crippen molar-refractivity contribution in [1.82, 2.24) is 10.2 Å². The van der Waals surface area contributed by atoms with Gasteiger partial charge >= 0.3 is 5.97 Å². The topological polar surface area (TPSA) is 79.0 Å². The highest BCUT2D eigenvalue weighted by Crippen LogP contribution is 2.23. The van der Waals surface area contributed by atoms with Crippen LogP contribution < -0.4 is 10.2 Å². The van der Waals surface area contributed by atoms with Crippen LogP contribution in [-0.2, 0) is 14.3 Å². The van der Waals surface area contributed by atoms with Crippen molar-refractivity contribution in [2.24, 2.45) is 0 Å². The Kier molecular flexibility index (Phi) is 7.17. The number of nitrogens with zero attached hydrogens (tertiary/aromatic N) is 2. The smallest absolute Gasteiger partial charge is 0.338 e. The molecule has 2 aliphatic rings. The number of imide groups is 1. The van der Waals surface area contributed by atoms with Gasteiger partial charge in [-0.1, -0.05) is 6.42 Å². The second-order valence-corrected chi connectivity index (χ2v) is 7.30. The highest BCUT2D eigenvalue weighted by Gasteiger charge is 2.39. The third kappa shape index (κ3) is 4.97. The van der Waals surface area contributed by atoms with Crippen LogP contribution in [-0.4, -0.2) is 61.5 Å². The Hall–Kier alpha value is -2.25. The lowest BCUT2D eigenvalue weighted by Crippen LogP contribution is -2.40. The highest BCUT2D eigenvalue weighted by atomic mass is 16.5. The molecule has 1 aromatic carbocycles. The van der Waals surface area contributed by atoms with Crippen LogP contribution in [0.1, 0.15) is 49.4 Å². The lowest BCUT2D eigenvalue weighted by Gasteiger charge is -2.26. The van der Waals surface area contributed by atoms with Crippen molar-refractivity contribution in [3.05, 3.63) is 29.8 Å². The second kappa shape index (κ2) is 9.80. The van der Waals surface area contributed by atoms with E-state index in [0.717, 1.165) is 32.6 Å². The van der Waals surface area contributed by atoms with Gasteiger partial charge in [0.25, 0.3) is 5.91 Å². The lowest BCUT2D eigenvalue weighted by atomic mass is 10.1. The number of ether oxygens (including phenoxy) is 1. The summed E-state index contributed by atoms with van der Waals surface area (Å²) in [7, 11) is 0. The molecule has 2 aliphatic heterocycles. The molecule has 0 aromatic heterocycles. The molecule has 1 N–H and O–H groups in total. The van der Waals surface area contributed by atoms with E-state index in [0.29, 0.717) is 17.9 Å². The summed E-state index contributed by atoms with van der Waals surface area (Å²) in [6.45, 7) is 6.12. The summed E-state index contributed by atoms with van der Waals surface area (Å²) >= 11 is 0. The van der Waals surface area contributed by atoms with Crippen molar-refractivity contribution >= 4 is 23.5 Å². The maximum atomic E-state index is 12.7. The quantitative estimate of drug-likeness (QED) is 0.417. The van der Waals surface area contributed by atoms with Crippen LogP contribution >= 0.6 is 0 Å². The Morgan fingerprint density at radius 2 is 1.86 bits per heavy atom. The van der Waals surface area contributed by atoms with E-state index in [2.05, 4.69) is 10.2 Å². The zero-order valence-corrected chi connectivity index (χ0v) is 16.5. The molecule has 0 radical (unpaired) electrons. The number of hydrogen-bond donors (Lipinski definition) is 1.